The molecule has 5 nitrogen and oxygen atoms in total. The van der Waals surface area contributed by atoms with Crippen molar-refractivity contribution in [3.63, 3.8) is 0 Å². The van der Waals surface area contributed by atoms with Crippen LogP contribution in [0.25, 0.3) is 0 Å². The molecule has 2 fully saturated rings. The van der Waals surface area contributed by atoms with Gasteiger partial charge in [-0.05, 0) is 37.6 Å². The van der Waals surface area contributed by atoms with Crippen molar-refractivity contribution in [1.82, 2.24) is 10.6 Å². The molecule has 1 atom stereocenters. The zero-order valence-corrected chi connectivity index (χ0v) is 12.1. The minimum absolute atomic E-state index is 0.0502. The molecule has 0 aromatic heterocycles. The fourth-order valence-electron chi connectivity index (χ4n) is 3.53. The predicted octanol–water partition coefficient (Wildman–Crippen LogP) is 1.53. The summed E-state index contributed by atoms with van der Waals surface area (Å²) in [5.74, 6) is -0.609. The smallest absolute Gasteiger partial charge is 0.303 e. The Hall–Kier alpha value is -1.10. The lowest BCUT2D eigenvalue weighted by molar-refractivity contribution is -0.141. The number of hydrogen-bond donors (Lipinski definition) is 3. The third-order valence-corrected chi connectivity index (χ3v) is 4.75. The predicted molar refractivity (Wildman–Crippen MR) is 76.4 cm³/mol. The number of aliphatic carboxylic acids is 1. The van der Waals surface area contributed by atoms with Crippen LogP contribution in [0.5, 0.6) is 0 Å². The number of hydrogen-bond acceptors (Lipinski definition) is 3. The lowest BCUT2D eigenvalue weighted by Gasteiger charge is -2.36. The van der Waals surface area contributed by atoms with Gasteiger partial charge in [-0.1, -0.05) is 19.3 Å². The van der Waals surface area contributed by atoms with Crippen molar-refractivity contribution in [3.8, 4) is 0 Å². The zero-order valence-electron chi connectivity index (χ0n) is 12.1. The Labute approximate surface area is 120 Å². The summed E-state index contributed by atoms with van der Waals surface area (Å²) >= 11 is 0. The molecule has 0 radical (unpaired) electrons. The first kappa shape index (κ1) is 15.3. The molecule has 1 saturated heterocycles. The summed E-state index contributed by atoms with van der Waals surface area (Å²) in [6, 6.07) is 0. The topological polar surface area (TPSA) is 78.4 Å². The lowest BCUT2D eigenvalue weighted by atomic mass is 9.71. The summed E-state index contributed by atoms with van der Waals surface area (Å²) in [4.78, 5) is 23.3. The van der Waals surface area contributed by atoms with Crippen molar-refractivity contribution >= 4 is 11.9 Å². The van der Waals surface area contributed by atoms with Crippen LogP contribution >= 0.6 is 0 Å². The molecule has 20 heavy (non-hydrogen) atoms. The van der Waals surface area contributed by atoms with Gasteiger partial charge >= 0.3 is 5.97 Å². The SMILES string of the molecule is O=C(O)CC1(CNC(=O)[C@@H]2CCCNC2)CCCCC1. The van der Waals surface area contributed by atoms with Crippen molar-refractivity contribution in [2.75, 3.05) is 19.6 Å². The van der Waals surface area contributed by atoms with Crippen molar-refractivity contribution in [2.45, 2.75) is 51.4 Å². The molecule has 0 aromatic carbocycles. The number of carboxylic acids is 1. The van der Waals surface area contributed by atoms with Crippen LogP contribution in [0.3, 0.4) is 0 Å². The number of carbonyl (C=O) groups excluding carboxylic acids is 1. The summed E-state index contributed by atoms with van der Waals surface area (Å²) in [7, 11) is 0. The van der Waals surface area contributed by atoms with Crippen molar-refractivity contribution in [3.05, 3.63) is 0 Å². The monoisotopic (exact) mass is 282 g/mol. The van der Waals surface area contributed by atoms with E-state index >= 15 is 0 Å². The average Bonchev–Trinajstić information content (AvgIpc) is 2.46. The second-order valence-electron chi connectivity index (χ2n) is 6.39. The van der Waals surface area contributed by atoms with Gasteiger partial charge in [0.25, 0.3) is 0 Å². The second kappa shape index (κ2) is 7.07. The molecule has 0 unspecified atom stereocenters. The van der Waals surface area contributed by atoms with Crippen LogP contribution in [0.15, 0.2) is 0 Å². The Morgan fingerprint density at radius 2 is 1.95 bits per heavy atom. The molecule has 5 heteroatoms. The van der Waals surface area contributed by atoms with Gasteiger partial charge in [0.1, 0.15) is 0 Å². The first-order chi connectivity index (χ1) is 9.61. The van der Waals surface area contributed by atoms with Crippen molar-refractivity contribution in [1.29, 1.82) is 0 Å². The van der Waals surface area contributed by atoms with Crippen LogP contribution in [0.4, 0.5) is 0 Å². The number of carboxylic acid groups (broad SMARTS) is 1. The van der Waals surface area contributed by atoms with E-state index in [2.05, 4.69) is 10.6 Å². The maximum Gasteiger partial charge on any atom is 0.303 e. The summed E-state index contributed by atoms with van der Waals surface area (Å²) in [6.07, 6.45) is 7.33. The van der Waals surface area contributed by atoms with E-state index in [1.807, 2.05) is 0 Å². The average molecular weight is 282 g/mol. The van der Waals surface area contributed by atoms with Gasteiger partial charge in [-0.3, -0.25) is 9.59 Å². The van der Waals surface area contributed by atoms with Gasteiger partial charge in [0, 0.05) is 13.1 Å². The molecular formula is C15H26N2O3. The largest absolute Gasteiger partial charge is 0.481 e. The third kappa shape index (κ3) is 4.20. The Morgan fingerprint density at radius 1 is 1.20 bits per heavy atom. The molecule has 1 amide bonds. The fourth-order valence-corrected chi connectivity index (χ4v) is 3.53. The van der Waals surface area contributed by atoms with Gasteiger partial charge < -0.3 is 15.7 Å². The maximum absolute atomic E-state index is 12.2. The van der Waals surface area contributed by atoms with E-state index < -0.39 is 5.97 Å². The van der Waals surface area contributed by atoms with Gasteiger partial charge in [0.05, 0.1) is 12.3 Å². The van der Waals surface area contributed by atoms with E-state index in [0.717, 1.165) is 51.6 Å². The standard InChI is InChI=1S/C15H26N2O3/c18-13(19)9-15(6-2-1-3-7-15)11-17-14(20)12-5-4-8-16-10-12/h12,16H,1-11H2,(H,17,20)(H,18,19)/t12-/m1/s1. The summed E-state index contributed by atoms with van der Waals surface area (Å²) in [6.45, 7) is 2.26. The molecule has 0 bridgehead atoms. The van der Waals surface area contributed by atoms with Crippen LogP contribution in [-0.2, 0) is 9.59 Å². The summed E-state index contributed by atoms with van der Waals surface area (Å²) < 4.78 is 0. The van der Waals surface area contributed by atoms with Gasteiger partial charge in [-0.25, -0.2) is 0 Å². The Kier molecular flexibility index (Phi) is 5.40. The van der Waals surface area contributed by atoms with Crippen LogP contribution < -0.4 is 10.6 Å². The molecule has 1 saturated carbocycles. The highest BCUT2D eigenvalue weighted by molar-refractivity contribution is 5.79. The first-order valence-electron chi connectivity index (χ1n) is 7.82. The molecule has 0 aromatic rings. The van der Waals surface area contributed by atoms with Crippen LogP contribution in [0, 0.1) is 11.3 Å². The van der Waals surface area contributed by atoms with E-state index in [4.69, 9.17) is 5.11 Å². The number of carbonyl (C=O) groups is 2. The quantitative estimate of drug-likeness (QED) is 0.714. The maximum atomic E-state index is 12.2. The zero-order chi connectivity index (χ0) is 14.4. The lowest BCUT2D eigenvalue weighted by Crippen LogP contribution is -2.45. The molecule has 3 N–H and O–H groups in total. The summed E-state index contributed by atoms with van der Waals surface area (Å²) in [5.41, 5.74) is -0.220. The molecule has 0 spiro atoms. The van der Waals surface area contributed by atoms with Gasteiger partial charge in [-0.2, -0.15) is 0 Å². The molecule has 1 heterocycles. The number of nitrogens with one attached hydrogen (secondary N) is 2. The third-order valence-electron chi connectivity index (χ3n) is 4.75. The minimum Gasteiger partial charge on any atom is -0.481 e. The highest BCUT2D eigenvalue weighted by atomic mass is 16.4. The van der Waals surface area contributed by atoms with E-state index in [-0.39, 0.29) is 23.7 Å². The molecule has 1 aliphatic heterocycles. The molecule has 1 aliphatic carbocycles. The van der Waals surface area contributed by atoms with E-state index in [1.165, 1.54) is 6.42 Å². The Bertz CT molecular complexity index is 345. The molecule has 2 rings (SSSR count). The van der Waals surface area contributed by atoms with Gasteiger partial charge in [-0.15, -0.1) is 0 Å². The van der Waals surface area contributed by atoms with Crippen LogP contribution in [-0.4, -0.2) is 36.6 Å². The van der Waals surface area contributed by atoms with Gasteiger partial charge in [0.2, 0.25) is 5.91 Å². The second-order valence-corrected chi connectivity index (χ2v) is 6.39. The van der Waals surface area contributed by atoms with Crippen molar-refractivity contribution < 1.29 is 14.7 Å². The van der Waals surface area contributed by atoms with Crippen LogP contribution in [0.2, 0.25) is 0 Å². The van der Waals surface area contributed by atoms with Crippen LogP contribution in [0.1, 0.15) is 51.4 Å². The van der Waals surface area contributed by atoms with E-state index in [9.17, 15) is 9.59 Å². The summed E-state index contributed by atoms with van der Waals surface area (Å²) in [5, 5.41) is 15.4. The molecular weight excluding hydrogens is 256 g/mol. The van der Waals surface area contributed by atoms with Crippen molar-refractivity contribution in [2.24, 2.45) is 11.3 Å². The van der Waals surface area contributed by atoms with E-state index in [1.54, 1.807) is 0 Å². The van der Waals surface area contributed by atoms with E-state index in [0.29, 0.717) is 6.54 Å². The minimum atomic E-state index is -0.750. The highest BCUT2D eigenvalue weighted by Crippen LogP contribution is 2.38. The first-order valence-corrected chi connectivity index (χ1v) is 7.82. The Balaban J connectivity index is 1.87. The number of rotatable bonds is 5. The highest BCUT2D eigenvalue weighted by Gasteiger charge is 2.35. The molecule has 114 valence electrons. The Morgan fingerprint density at radius 3 is 2.55 bits per heavy atom. The fraction of sp³-hybridized carbons (Fsp3) is 0.867. The molecule has 2 aliphatic rings. The number of amides is 1. The normalized spacial score (nSPS) is 25.9. The van der Waals surface area contributed by atoms with Gasteiger partial charge in [0.15, 0.2) is 0 Å². The number of piperidine rings is 1.